The molecular formula is C14H17N3O. The number of rotatable bonds is 4. The van der Waals surface area contributed by atoms with Crippen LogP contribution in [0.1, 0.15) is 26.0 Å². The highest BCUT2D eigenvalue weighted by Crippen LogP contribution is 2.04. The molecule has 0 fully saturated rings. The molecule has 1 N–H and O–H groups in total. The molecule has 0 aliphatic rings. The monoisotopic (exact) mass is 243 g/mol. The Morgan fingerprint density at radius 1 is 1.50 bits per heavy atom. The number of nitrogens with zero attached hydrogens (tertiary/aromatic N) is 2. The van der Waals surface area contributed by atoms with Gasteiger partial charge in [0.25, 0.3) is 0 Å². The Morgan fingerprint density at radius 3 is 3.06 bits per heavy atom. The zero-order chi connectivity index (χ0) is 13.0. The van der Waals surface area contributed by atoms with Crippen molar-refractivity contribution in [2.45, 2.75) is 26.8 Å². The molecule has 18 heavy (non-hydrogen) atoms. The van der Waals surface area contributed by atoms with Crippen LogP contribution in [0.5, 0.6) is 0 Å². The molecule has 94 valence electrons. The lowest BCUT2D eigenvalue weighted by Crippen LogP contribution is -2.23. The highest BCUT2D eigenvalue weighted by molar-refractivity contribution is 5.92. The van der Waals surface area contributed by atoms with Crippen LogP contribution in [0.15, 0.2) is 42.2 Å². The van der Waals surface area contributed by atoms with E-state index >= 15 is 0 Å². The standard InChI is InChI=1S/C14H17N3O/c1-3-6-11(2)14(18)15-9-12-10-17-8-5-4-7-13(17)16-12/h4-8,10H,3,9H2,1-2H3,(H,15,18)/b11-6-. The highest BCUT2D eigenvalue weighted by Gasteiger charge is 2.05. The number of hydrogen-bond donors (Lipinski definition) is 1. The van der Waals surface area contributed by atoms with E-state index in [0.29, 0.717) is 6.54 Å². The Bertz CT molecular complexity index is 550. The van der Waals surface area contributed by atoms with E-state index in [2.05, 4.69) is 10.3 Å². The van der Waals surface area contributed by atoms with Gasteiger partial charge in [-0.1, -0.05) is 19.1 Å². The molecule has 0 bridgehead atoms. The number of hydrogen-bond acceptors (Lipinski definition) is 2. The average Bonchev–Trinajstić information content (AvgIpc) is 2.78. The normalized spacial score (nSPS) is 11.8. The predicted octanol–water partition coefficient (Wildman–Crippen LogP) is 2.31. The number of carbonyl (C=O) groups is 1. The summed E-state index contributed by atoms with van der Waals surface area (Å²) >= 11 is 0. The van der Waals surface area contributed by atoms with Crippen molar-refractivity contribution in [3.8, 4) is 0 Å². The third kappa shape index (κ3) is 2.77. The van der Waals surface area contributed by atoms with Gasteiger partial charge in [0.15, 0.2) is 0 Å². The van der Waals surface area contributed by atoms with E-state index < -0.39 is 0 Å². The van der Waals surface area contributed by atoms with Crippen LogP contribution in [0, 0.1) is 0 Å². The third-order valence-electron chi connectivity index (χ3n) is 2.71. The molecule has 0 aromatic carbocycles. The fourth-order valence-corrected chi connectivity index (χ4v) is 1.78. The van der Waals surface area contributed by atoms with Gasteiger partial charge >= 0.3 is 0 Å². The molecule has 0 saturated heterocycles. The molecule has 0 radical (unpaired) electrons. The summed E-state index contributed by atoms with van der Waals surface area (Å²) in [5, 5.41) is 2.86. The van der Waals surface area contributed by atoms with Gasteiger partial charge in [0.2, 0.25) is 5.91 Å². The first-order chi connectivity index (χ1) is 8.70. The number of pyridine rings is 1. The maximum absolute atomic E-state index is 11.7. The molecule has 0 unspecified atom stereocenters. The van der Waals surface area contributed by atoms with E-state index in [1.54, 1.807) is 0 Å². The van der Waals surface area contributed by atoms with Crippen LogP contribution >= 0.6 is 0 Å². The van der Waals surface area contributed by atoms with Gasteiger partial charge in [-0.15, -0.1) is 0 Å². The first-order valence-corrected chi connectivity index (χ1v) is 6.08. The molecule has 4 heteroatoms. The van der Waals surface area contributed by atoms with E-state index in [-0.39, 0.29) is 5.91 Å². The Labute approximate surface area is 106 Å². The molecule has 4 nitrogen and oxygen atoms in total. The lowest BCUT2D eigenvalue weighted by molar-refractivity contribution is -0.117. The van der Waals surface area contributed by atoms with E-state index in [4.69, 9.17) is 0 Å². The van der Waals surface area contributed by atoms with Crippen molar-refractivity contribution in [2.24, 2.45) is 0 Å². The van der Waals surface area contributed by atoms with E-state index in [1.165, 1.54) is 0 Å². The Morgan fingerprint density at radius 2 is 2.33 bits per heavy atom. The summed E-state index contributed by atoms with van der Waals surface area (Å²) in [7, 11) is 0. The van der Waals surface area contributed by atoms with Gasteiger partial charge in [0.05, 0.1) is 12.2 Å². The maximum atomic E-state index is 11.7. The van der Waals surface area contributed by atoms with Gasteiger partial charge in [-0.05, 0) is 25.5 Å². The fourth-order valence-electron chi connectivity index (χ4n) is 1.78. The predicted molar refractivity (Wildman–Crippen MR) is 71.1 cm³/mol. The summed E-state index contributed by atoms with van der Waals surface area (Å²) in [6, 6.07) is 5.83. The summed E-state index contributed by atoms with van der Waals surface area (Å²) in [4.78, 5) is 16.1. The van der Waals surface area contributed by atoms with E-state index in [1.807, 2.05) is 54.9 Å². The van der Waals surface area contributed by atoms with Crippen LogP contribution < -0.4 is 5.32 Å². The summed E-state index contributed by atoms with van der Waals surface area (Å²) in [5.74, 6) is -0.0334. The summed E-state index contributed by atoms with van der Waals surface area (Å²) in [6.07, 6.45) is 6.65. The van der Waals surface area contributed by atoms with Crippen LogP contribution in [0.4, 0.5) is 0 Å². The summed E-state index contributed by atoms with van der Waals surface area (Å²) < 4.78 is 1.94. The SMILES string of the molecule is CC/C=C(/C)C(=O)NCc1cn2ccccc2n1. The van der Waals surface area contributed by atoms with Crippen LogP contribution in [-0.4, -0.2) is 15.3 Å². The molecule has 0 aliphatic heterocycles. The van der Waals surface area contributed by atoms with Crippen LogP contribution in [0.3, 0.4) is 0 Å². The highest BCUT2D eigenvalue weighted by atomic mass is 16.1. The topological polar surface area (TPSA) is 46.4 Å². The van der Waals surface area contributed by atoms with Crippen molar-refractivity contribution in [1.82, 2.24) is 14.7 Å². The van der Waals surface area contributed by atoms with Crippen molar-refractivity contribution in [2.75, 3.05) is 0 Å². The minimum atomic E-state index is -0.0334. The van der Waals surface area contributed by atoms with Crippen molar-refractivity contribution in [1.29, 1.82) is 0 Å². The number of nitrogens with one attached hydrogen (secondary N) is 1. The Balaban J connectivity index is 2.02. The lowest BCUT2D eigenvalue weighted by Gasteiger charge is -2.02. The third-order valence-corrected chi connectivity index (χ3v) is 2.71. The lowest BCUT2D eigenvalue weighted by atomic mass is 10.2. The molecule has 2 heterocycles. The first-order valence-electron chi connectivity index (χ1n) is 6.08. The summed E-state index contributed by atoms with van der Waals surface area (Å²) in [6.45, 7) is 4.29. The van der Waals surface area contributed by atoms with E-state index in [0.717, 1.165) is 23.3 Å². The van der Waals surface area contributed by atoms with Crippen molar-refractivity contribution in [3.63, 3.8) is 0 Å². The molecule has 1 amide bonds. The van der Waals surface area contributed by atoms with Crippen LogP contribution in [0.25, 0.3) is 5.65 Å². The number of fused-ring (bicyclic) bond motifs is 1. The first kappa shape index (κ1) is 12.4. The second-order valence-electron chi connectivity index (χ2n) is 4.18. The van der Waals surface area contributed by atoms with Gasteiger partial charge in [0.1, 0.15) is 5.65 Å². The number of amides is 1. The molecule has 0 aliphatic carbocycles. The van der Waals surface area contributed by atoms with Crippen LogP contribution in [0.2, 0.25) is 0 Å². The molecular weight excluding hydrogens is 226 g/mol. The largest absolute Gasteiger partial charge is 0.347 e. The van der Waals surface area contributed by atoms with Gasteiger partial charge in [-0.3, -0.25) is 4.79 Å². The minimum Gasteiger partial charge on any atom is -0.347 e. The van der Waals surface area contributed by atoms with Gasteiger partial charge in [-0.25, -0.2) is 4.98 Å². The van der Waals surface area contributed by atoms with Crippen molar-refractivity contribution >= 4 is 11.6 Å². The Hall–Kier alpha value is -2.10. The van der Waals surface area contributed by atoms with Gasteiger partial charge < -0.3 is 9.72 Å². The second kappa shape index (κ2) is 5.49. The van der Waals surface area contributed by atoms with Gasteiger partial charge in [0, 0.05) is 18.0 Å². The van der Waals surface area contributed by atoms with Gasteiger partial charge in [-0.2, -0.15) is 0 Å². The van der Waals surface area contributed by atoms with Crippen LogP contribution in [-0.2, 0) is 11.3 Å². The Kier molecular flexibility index (Phi) is 3.77. The van der Waals surface area contributed by atoms with Crippen molar-refractivity contribution < 1.29 is 4.79 Å². The van der Waals surface area contributed by atoms with Crippen molar-refractivity contribution in [3.05, 3.63) is 47.9 Å². The molecule has 0 atom stereocenters. The van der Waals surface area contributed by atoms with E-state index in [9.17, 15) is 4.79 Å². The molecule has 2 aromatic rings. The zero-order valence-electron chi connectivity index (χ0n) is 10.7. The zero-order valence-corrected chi connectivity index (χ0v) is 10.7. The smallest absolute Gasteiger partial charge is 0.246 e. The maximum Gasteiger partial charge on any atom is 0.246 e. The number of imidazole rings is 1. The average molecular weight is 243 g/mol. The second-order valence-corrected chi connectivity index (χ2v) is 4.18. The fraction of sp³-hybridized carbons (Fsp3) is 0.286. The molecule has 2 rings (SSSR count). The number of allylic oxidation sites excluding steroid dienone is 1. The molecule has 0 saturated carbocycles. The number of carbonyl (C=O) groups excluding carboxylic acids is 1. The molecule has 2 aromatic heterocycles. The summed E-state index contributed by atoms with van der Waals surface area (Å²) in [5.41, 5.74) is 2.50. The minimum absolute atomic E-state index is 0.0334. The molecule has 0 spiro atoms. The number of aromatic nitrogens is 2. The quantitative estimate of drug-likeness (QED) is 0.838.